The molecule has 0 N–H and O–H groups in total. The van der Waals surface area contributed by atoms with Crippen LogP contribution in [0.4, 0.5) is 8.63 Å². The van der Waals surface area contributed by atoms with Crippen molar-refractivity contribution in [3.05, 3.63) is 88.4 Å². The van der Waals surface area contributed by atoms with Crippen molar-refractivity contribution in [3.63, 3.8) is 0 Å². The standard InChI is InChI=1S/C25H21BF2N2/c1-4-20-17(2)23(29-18(20)3)16-25-22-13-9-8-12-21(22)24(30(25)26(27)28)15-14-19-10-6-5-7-11-19/h5-13,16H,4H2,1-3H3/b23-16-. The lowest BCUT2D eigenvalue weighted by molar-refractivity contribution is 0.628. The molecule has 3 aromatic rings. The molecule has 30 heavy (non-hydrogen) atoms. The van der Waals surface area contributed by atoms with Gasteiger partial charge in [0.15, 0.2) is 0 Å². The molecule has 0 radical (unpaired) electrons. The summed E-state index contributed by atoms with van der Waals surface area (Å²) < 4.78 is 29.5. The molecule has 0 atom stereocenters. The Morgan fingerprint density at radius 2 is 1.63 bits per heavy atom. The Hall–Kier alpha value is -3.39. The van der Waals surface area contributed by atoms with E-state index in [4.69, 9.17) is 0 Å². The number of rotatable bonds is 3. The molecule has 0 amide bonds. The lowest BCUT2D eigenvalue weighted by Gasteiger charge is -2.06. The van der Waals surface area contributed by atoms with E-state index in [1.807, 2.05) is 68.4 Å². The Bertz CT molecular complexity index is 1270. The highest BCUT2D eigenvalue weighted by Crippen LogP contribution is 2.33. The molecule has 0 unspecified atom stereocenters. The molecule has 1 aliphatic heterocycles. The summed E-state index contributed by atoms with van der Waals surface area (Å²) in [4.78, 5) is 4.64. The van der Waals surface area contributed by atoms with Crippen LogP contribution in [0, 0.1) is 11.8 Å². The van der Waals surface area contributed by atoms with Crippen LogP contribution in [0.2, 0.25) is 0 Å². The quantitative estimate of drug-likeness (QED) is 0.361. The second-order valence-electron chi connectivity index (χ2n) is 7.23. The maximum Gasteiger partial charge on any atom is 0.678 e. The van der Waals surface area contributed by atoms with Gasteiger partial charge in [-0.05, 0) is 55.5 Å². The molecule has 5 heteroatoms. The molecule has 148 valence electrons. The molecule has 0 saturated heterocycles. The van der Waals surface area contributed by atoms with Crippen molar-refractivity contribution in [2.24, 2.45) is 4.99 Å². The normalized spacial score (nSPS) is 14.8. The van der Waals surface area contributed by atoms with Crippen molar-refractivity contribution < 1.29 is 8.63 Å². The number of benzene rings is 2. The fourth-order valence-corrected chi connectivity index (χ4v) is 3.97. The predicted octanol–water partition coefficient (Wildman–Crippen LogP) is 6.36. The Labute approximate surface area is 175 Å². The second kappa shape index (κ2) is 8.16. The van der Waals surface area contributed by atoms with Gasteiger partial charge < -0.3 is 4.48 Å². The molecular weight excluding hydrogens is 377 g/mol. The highest BCUT2D eigenvalue weighted by molar-refractivity contribution is 6.42. The number of aromatic nitrogens is 1. The first kappa shape index (κ1) is 19.9. The molecule has 2 heterocycles. The highest BCUT2D eigenvalue weighted by atomic mass is 19.2. The van der Waals surface area contributed by atoms with E-state index in [0.717, 1.165) is 38.8 Å². The van der Waals surface area contributed by atoms with Crippen molar-refractivity contribution in [3.8, 4) is 11.8 Å². The Morgan fingerprint density at radius 1 is 0.967 bits per heavy atom. The van der Waals surface area contributed by atoms with Crippen LogP contribution >= 0.6 is 0 Å². The average Bonchev–Trinajstić information content (AvgIpc) is 3.21. The summed E-state index contributed by atoms with van der Waals surface area (Å²) in [5.41, 5.74) is 5.42. The number of halogens is 2. The van der Waals surface area contributed by atoms with Crippen LogP contribution in [-0.4, -0.2) is 17.6 Å². The molecular formula is C25H21BF2N2. The Morgan fingerprint density at radius 3 is 2.27 bits per heavy atom. The number of allylic oxidation sites excluding steroid dienone is 2. The lowest BCUT2D eigenvalue weighted by Crippen LogP contribution is -2.16. The number of nitrogens with zero attached hydrogens (tertiary/aromatic N) is 2. The van der Waals surface area contributed by atoms with Gasteiger partial charge in [0.05, 0.1) is 11.4 Å². The molecule has 0 saturated carbocycles. The number of fused-ring (bicyclic) bond motifs is 1. The fraction of sp³-hybridized carbons (Fsp3) is 0.160. The van der Waals surface area contributed by atoms with Gasteiger partial charge in [0.1, 0.15) is 0 Å². The molecule has 2 aromatic carbocycles. The molecule has 1 aliphatic rings. The van der Waals surface area contributed by atoms with Gasteiger partial charge in [-0.25, -0.2) is 0 Å². The molecule has 4 rings (SSSR count). The third-order valence-electron chi connectivity index (χ3n) is 5.44. The van der Waals surface area contributed by atoms with Crippen LogP contribution in [-0.2, 0) is 0 Å². The molecule has 0 spiro atoms. The van der Waals surface area contributed by atoms with E-state index in [0.29, 0.717) is 16.8 Å². The first-order valence-corrected chi connectivity index (χ1v) is 9.97. The van der Waals surface area contributed by atoms with Gasteiger partial charge in [-0.3, -0.25) is 13.6 Å². The van der Waals surface area contributed by atoms with Gasteiger partial charge >= 0.3 is 7.40 Å². The maximum atomic E-state index is 14.3. The summed E-state index contributed by atoms with van der Waals surface area (Å²) in [7, 11) is -2.72. The van der Waals surface area contributed by atoms with Crippen LogP contribution in [0.15, 0.2) is 76.4 Å². The molecule has 0 bridgehead atoms. The minimum Gasteiger partial charge on any atom is -0.318 e. The van der Waals surface area contributed by atoms with E-state index in [2.05, 4.69) is 23.8 Å². The smallest absolute Gasteiger partial charge is 0.318 e. The van der Waals surface area contributed by atoms with Gasteiger partial charge in [0, 0.05) is 27.7 Å². The van der Waals surface area contributed by atoms with Gasteiger partial charge in [-0.15, -0.1) is 0 Å². The van der Waals surface area contributed by atoms with E-state index in [1.165, 1.54) is 5.57 Å². The fourth-order valence-electron chi connectivity index (χ4n) is 3.97. The maximum absolute atomic E-state index is 14.3. The van der Waals surface area contributed by atoms with Crippen LogP contribution in [0.5, 0.6) is 0 Å². The largest absolute Gasteiger partial charge is 0.678 e. The van der Waals surface area contributed by atoms with Crippen LogP contribution in [0.3, 0.4) is 0 Å². The molecule has 0 aliphatic carbocycles. The van der Waals surface area contributed by atoms with Gasteiger partial charge in [-0.1, -0.05) is 55.3 Å². The van der Waals surface area contributed by atoms with E-state index in [9.17, 15) is 8.63 Å². The number of hydrogen-bond acceptors (Lipinski definition) is 1. The number of hydrogen-bond donors (Lipinski definition) is 0. The zero-order valence-corrected chi connectivity index (χ0v) is 17.2. The highest BCUT2D eigenvalue weighted by Gasteiger charge is 2.27. The van der Waals surface area contributed by atoms with E-state index in [1.54, 1.807) is 6.08 Å². The first-order valence-electron chi connectivity index (χ1n) is 9.97. The van der Waals surface area contributed by atoms with Crippen molar-refractivity contribution in [2.45, 2.75) is 27.2 Å². The number of aliphatic imine (C=N–C) groups is 1. The topological polar surface area (TPSA) is 17.3 Å². The van der Waals surface area contributed by atoms with Gasteiger partial charge in [0.2, 0.25) is 0 Å². The SMILES string of the molecule is CCC1=C(C)/C(=C/c2c3ccccc3c(C#Cc3ccccc3)n2B(F)F)N=C1C. The molecule has 0 fully saturated rings. The third kappa shape index (κ3) is 3.50. The Balaban J connectivity index is 1.96. The molecule has 1 aromatic heterocycles. The van der Waals surface area contributed by atoms with E-state index < -0.39 is 7.40 Å². The zero-order chi connectivity index (χ0) is 21.3. The summed E-state index contributed by atoms with van der Waals surface area (Å²) in [5.74, 6) is 6.02. The van der Waals surface area contributed by atoms with Crippen LogP contribution in [0.25, 0.3) is 16.8 Å². The summed E-state index contributed by atoms with van der Waals surface area (Å²) in [6, 6.07) is 16.8. The van der Waals surface area contributed by atoms with Crippen molar-refractivity contribution >= 4 is 30.0 Å². The van der Waals surface area contributed by atoms with E-state index in [-0.39, 0.29) is 0 Å². The average molecular weight is 398 g/mol. The Kier molecular flexibility index (Phi) is 5.41. The van der Waals surface area contributed by atoms with Crippen molar-refractivity contribution in [1.82, 2.24) is 4.48 Å². The predicted molar refractivity (Wildman–Crippen MR) is 122 cm³/mol. The summed E-state index contributed by atoms with van der Waals surface area (Å²) in [6.07, 6.45) is 2.63. The first-order chi connectivity index (χ1) is 14.5. The minimum atomic E-state index is -2.72. The lowest BCUT2D eigenvalue weighted by atomic mass is 10.0. The summed E-state index contributed by atoms with van der Waals surface area (Å²) in [6.45, 7) is 6.04. The van der Waals surface area contributed by atoms with Gasteiger partial charge in [-0.2, -0.15) is 0 Å². The van der Waals surface area contributed by atoms with Crippen LogP contribution in [0.1, 0.15) is 44.1 Å². The summed E-state index contributed by atoms with van der Waals surface area (Å²) >= 11 is 0. The van der Waals surface area contributed by atoms with Gasteiger partial charge in [0.25, 0.3) is 0 Å². The monoisotopic (exact) mass is 398 g/mol. The van der Waals surface area contributed by atoms with E-state index >= 15 is 0 Å². The summed E-state index contributed by atoms with van der Waals surface area (Å²) in [5, 5.41) is 1.46. The minimum absolute atomic E-state index is 0.312. The molecule has 2 nitrogen and oxygen atoms in total. The van der Waals surface area contributed by atoms with Crippen molar-refractivity contribution in [2.75, 3.05) is 0 Å². The van der Waals surface area contributed by atoms with Crippen molar-refractivity contribution in [1.29, 1.82) is 0 Å². The van der Waals surface area contributed by atoms with Crippen LogP contribution < -0.4 is 0 Å². The second-order valence-corrected chi connectivity index (χ2v) is 7.23. The zero-order valence-electron chi connectivity index (χ0n) is 17.2. The third-order valence-corrected chi connectivity index (χ3v) is 5.44.